The molecule has 5 nitrogen and oxygen atoms in total. The molecule has 1 heterocycles. The lowest BCUT2D eigenvalue weighted by Crippen LogP contribution is -2.16. The number of rotatable bonds is 4. The highest BCUT2D eigenvalue weighted by Gasteiger charge is 2.60. The van der Waals surface area contributed by atoms with Crippen LogP contribution in [-0.2, 0) is 10.2 Å². The van der Waals surface area contributed by atoms with Crippen LogP contribution in [0.4, 0.5) is 5.69 Å². The lowest BCUT2D eigenvalue weighted by molar-refractivity contribution is -0.119. The number of benzene rings is 3. The highest BCUT2D eigenvalue weighted by Crippen LogP contribution is 2.59. The fourth-order valence-corrected chi connectivity index (χ4v) is 5.62. The first-order valence-corrected chi connectivity index (χ1v) is 11.4. The summed E-state index contributed by atoms with van der Waals surface area (Å²) in [6, 6.07) is 23.8. The molecule has 0 radical (unpaired) electrons. The molecular formula is C24H17Br2N3O2. The number of azo groups is 1. The monoisotopic (exact) mass is 537 g/mol. The first-order valence-electron chi connectivity index (χ1n) is 9.77. The topological polar surface area (TPSA) is 77.8 Å². The van der Waals surface area contributed by atoms with Crippen molar-refractivity contribution in [2.24, 2.45) is 16.1 Å². The van der Waals surface area contributed by atoms with E-state index in [-0.39, 0.29) is 23.4 Å². The molecule has 1 atom stereocenters. The van der Waals surface area contributed by atoms with Crippen LogP contribution in [-0.4, -0.2) is 16.0 Å². The van der Waals surface area contributed by atoms with Gasteiger partial charge in [0.05, 0.1) is 11.4 Å². The quantitative estimate of drug-likeness (QED) is 0.274. The van der Waals surface area contributed by atoms with Gasteiger partial charge in [-0.1, -0.05) is 76.6 Å². The minimum atomic E-state index is -0.396. The molecule has 5 rings (SSSR count). The third kappa shape index (κ3) is 3.42. The van der Waals surface area contributed by atoms with Crippen LogP contribution in [0.5, 0.6) is 5.88 Å². The van der Waals surface area contributed by atoms with Crippen LogP contribution in [0.15, 0.2) is 92.0 Å². The number of carbonyl (C=O) groups excluding carboxylic acids is 1. The van der Waals surface area contributed by atoms with E-state index >= 15 is 0 Å². The lowest BCUT2D eigenvalue weighted by atomic mass is 9.85. The predicted octanol–water partition coefficient (Wildman–Crippen LogP) is 7.02. The van der Waals surface area contributed by atoms with Crippen molar-refractivity contribution in [2.75, 3.05) is 0 Å². The van der Waals surface area contributed by atoms with E-state index in [1.54, 1.807) is 0 Å². The number of fused-ring (bicyclic) bond motifs is 1. The third-order valence-corrected chi connectivity index (χ3v) is 6.95. The summed E-state index contributed by atoms with van der Waals surface area (Å²) in [5.74, 6) is -0.721. The maximum atomic E-state index is 13.1. The summed E-state index contributed by atoms with van der Waals surface area (Å²) in [5.41, 5.74) is 2.73. The average molecular weight is 539 g/mol. The Balaban J connectivity index is 1.50. The van der Waals surface area contributed by atoms with Crippen molar-refractivity contribution in [2.45, 2.75) is 11.8 Å². The number of H-pyrrole nitrogens is 1. The standard InChI is InChI=1S/C24H17Br2N3O2/c25-16-11-17-20(19(26)12-16)27-23(31)21(17)28-29-22(30)18-13-24(18,14-7-3-1-4-8-14)15-9-5-2-6-10-15/h1-12,18,27,31H,13H2/t18-/m1/s1. The smallest absolute Gasteiger partial charge is 0.269 e. The second-order valence-electron chi connectivity index (χ2n) is 7.63. The zero-order chi connectivity index (χ0) is 21.6. The molecule has 1 aliphatic carbocycles. The fourth-order valence-electron chi connectivity index (χ4n) is 4.30. The third-order valence-electron chi connectivity index (χ3n) is 5.86. The fraction of sp³-hybridized carbons (Fsp3) is 0.125. The number of hydrogen-bond donors (Lipinski definition) is 2. The molecular weight excluding hydrogens is 522 g/mol. The number of nitrogens with one attached hydrogen (secondary N) is 1. The number of halogens is 2. The second kappa shape index (κ2) is 7.73. The van der Waals surface area contributed by atoms with Gasteiger partial charge in [0.15, 0.2) is 5.69 Å². The molecule has 0 unspecified atom stereocenters. The molecule has 1 saturated carbocycles. The second-order valence-corrected chi connectivity index (χ2v) is 9.40. The summed E-state index contributed by atoms with van der Waals surface area (Å²) < 4.78 is 1.59. The molecule has 7 heteroatoms. The van der Waals surface area contributed by atoms with Gasteiger partial charge in [-0.25, -0.2) is 0 Å². The Bertz CT molecular complexity index is 1280. The van der Waals surface area contributed by atoms with Crippen molar-refractivity contribution in [1.82, 2.24) is 4.98 Å². The van der Waals surface area contributed by atoms with E-state index in [4.69, 9.17) is 0 Å². The Labute approximate surface area is 195 Å². The first kappa shape index (κ1) is 20.2. The van der Waals surface area contributed by atoms with Gasteiger partial charge >= 0.3 is 0 Å². The minimum absolute atomic E-state index is 0.126. The van der Waals surface area contributed by atoms with Crippen molar-refractivity contribution in [3.63, 3.8) is 0 Å². The Morgan fingerprint density at radius 1 is 1.00 bits per heavy atom. The number of hydrogen-bond acceptors (Lipinski definition) is 3. The summed E-state index contributed by atoms with van der Waals surface area (Å²) in [4.78, 5) is 16.0. The maximum Gasteiger partial charge on any atom is 0.269 e. The molecule has 3 aromatic carbocycles. The number of nitrogens with zero attached hydrogens (tertiary/aromatic N) is 2. The Kier molecular flexibility index (Phi) is 5.02. The van der Waals surface area contributed by atoms with E-state index in [1.807, 2.05) is 48.5 Å². The normalized spacial score (nSPS) is 17.3. The zero-order valence-electron chi connectivity index (χ0n) is 16.2. The number of aromatic amines is 1. The van der Waals surface area contributed by atoms with E-state index < -0.39 is 5.41 Å². The largest absolute Gasteiger partial charge is 0.493 e. The molecule has 0 aliphatic heterocycles. The van der Waals surface area contributed by atoms with Crippen LogP contribution in [0.25, 0.3) is 10.9 Å². The van der Waals surface area contributed by atoms with Gasteiger partial charge in [0.25, 0.3) is 5.91 Å². The molecule has 1 fully saturated rings. The van der Waals surface area contributed by atoms with Crippen LogP contribution < -0.4 is 0 Å². The highest BCUT2D eigenvalue weighted by molar-refractivity contribution is 9.11. The molecule has 0 bridgehead atoms. The van der Waals surface area contributed by atoms with Gasteiger partial charge in [-0.05, 0) is 45.6 Å². The Morgan fingerprint density at radius 2 is 1.61 bits per heavy atom. The van der Waals surface area contributed by atoms with E-state index in [9.17, 15) is 9.90 Å². The summed E-state index contributed by atoms with van der Waals surface area (Å²) in [5, 5.41) is 19.2. The van der Waals surface area contributed by atoms with Gasteiger partial charge in [0, 0.05) is 19.7 Å². The SMILES string of the molecule is O=C(N=Nc1c(O)[nH]c2c(Br)cc(Br)cc12)[C@H]1CC1(c1ccccc1)c1ccccc1. The Hall–Kier alpha value is -2.77. The Morgan fingerprint density at radius 3 is 2.23 bits per heavy atom. The molecule has 1 aliphatic rings. The summed E-state index contributed by atoms with van der Waals surface area (Å²) in [6.45, 7) is 0. The van der Waals surface area contributed by atoms with Crippen LogP contribution in [0.3, 0.4) is 0 Å². The summed E-state index contributed by atoms with van der Waals surface area (Å²) >= 11 is 6.91. The van der Waals surface area contributed by atoms with Gasteiger partial charge in [0.1, 0.15) is 0 Å². The number of aromatic nitrogens is 1. The van der Waals surface area contributed by atoms with Crippen LogP contribution in [0.2, 0.25) is 0 Å². The molecule has 4 aromatic rings. The van der Waals surface area contributed by atoms with Gasteiger partial charge in [0.2, 0.25) is 5.88 Å². The number of aromatic hydroxyl groups is 1. The van der Waals surface area contributed by atoms with Crippen LogP contribution in [0.1, 0.15) is 17.5 Å². The number of carbonyl (C=O) groups is 1. The lowest BCUT2D eigenvalue weighted by Gasteiger charge is -2.17. The van der Waals surface area contributed by atoms with Gasteiger partial charge in [-0.3, -0.25) is 4.79 Å². The van der Waals surface area contributed by atoms with Crippen molar-refractivity contribution in [3.8, 4) is 5.88 Å². The van der Waals surface area contributed by atoms with Gasteiger partial charge in [-0.15, -0.1) is 10.2 Å². The predicted molar refractivity (Wildman–Crippen MR) is 127 cm³/mol. The van der Waals surface area contributed by atoms with E-state index in [1.165, 1.54) is 0 Å². The summed E-state index contributed by atoms with van der Waals surface area (Å²) in [7, 11) is 0. The molecule has 1 amide bonds. The summed E-state index contributed by atoms with van der Waals surface area (Å²) in [6.07, 6.45) is 0.676. The van der Waals surface area contributed by atoms with Crippen LogP contribution in [0, 0.1) is 5.92 Å². The molecule has 154 valence electrons. The van der Waals surface area contributed by atoms with E-state index in [2.05, 4.69) is 71.3 Å². The average Bonchev–Trinajstić information content (AvgIpc) is 3.46. The maximum absolute atomic E-state index is 13.1. The van der Waals surface area contributed by atoms with Crippen LogP contribution >= 0.6 is 31.9 Å². The van der Waals surface area contributed by atoms with Gasteiger partial charge < -0.3 is 10.1 Å². The van der Waals surface area contributed by atoms with E-state index in [0.29, 0.717) is 17.3 Å². The first-order chi connectivity index (χ1) is 15.0. The van der Waals surface area contributed by atoms with Crippen molar-refractivity contribution in [3.05, 3.63) is 92.9 Å². The minimum Gasteiger partial charge on any atom is -0.493 e. The van der Waals surface area contributed by atoms with Crippen molar-refractivity contribution < 1.29 is 9.90 Å². The molecule has 0 spiro atoms. The zero-order valence-corrected chi connectivity index (χ0v) is 19.4. The molecule has 2 N–H and O–H groups in total. The number of amides is 1. The van der Waals surface area contributed by atoms with Crippen molar-refractivity contribution >= 4 is 54.4 Å². The van der Waals surface area contributed by atoms with Gasteiger partial charge in [-0.2, -0.15) is 0 Å². The molecule has 1 aromatic heterocycles. The molecule has 31 heavy (non-hydrogen) atoms. The molecule has 0 saturated heterocycles. The highest BCUT2D eigenvalue weighted by atomic mass is 79.9. The van der Waals surface area contributed by atoms with Crippen molar-refractivity contribution in [1.29, 1.82) is 0 Å². The van der Waals surface area contributed by atoms with E-state index in [0.717, 1.165) is 20.1 Å².